The van der Waals surface area contributed by atoms with Gasteiger partial charge >= 0.3 is 0 Å². The summed E-state index contributed by atoms with van der Waals surface area (Å²) in [6.07, 6.45) is 0. The number of ether oxygens (including phenoxy) is 3. The highest BCUT2D eigenvalue weighted by atomic mass is 79.9. The summed E-state index contributed by atoms with van der Waals surface area (Å²) in [7, 11) is 1.51. The predicted molar refractivity (Wildman–Crippen MR) is 81.5 cm³/mol. The number of halogens is 1. The summed E-state index contributed by atoms with van der Waals surface area (Å²) in [5.41, 5.74) is 6.61. The van der Waals surface area contributed by atoms with Gasteiger partial charge in [0.25, 0.3) is 0 Å². The van der Waals surface area contributed by atoms with Gasteiger partial charge in [-0.1, -0.05) is 15.9 Å². The monoisotopic (exact) mass is 358 g/mol. The Labute approximate surface area is 132 Å². The second kappa shape index (κ2) is 7.11. The van der Waals surface area contributed by atoms with Crippen LogP contribution in [-0.2, 0) is 9.53 Å². The molecule has 0 bridgehead atoms. The number of carbonyl (C=O) groups is 1. The van der Waals surface area contributed by atoms with Gasteiger partial charge in [0.05, 0.1) is 12.6 Å². The van der Waals surface area contributed by atoms with Gasteiger partial charge in [-0.25, -0.2) is 0 Å². The quantitative estimate of drug-likeness (QED) is 0.830. The SMILES string of the molecule is COCC(N)C(=O)NC(C)c1cc2c(cc1Br)OCCO2. The molecule has 1 aliphatic heterocycles. The molecule has 7 heteroatoms. The van der Waals surface area contributed by atoms with Crippen molar-refractivity contribution in [2.24, 2.45) is 5.73 Å². The molecule has 116 valence electrons. The number of hydrogen-bond donors (Lipinski definition) is 2. The minimum atomic E-state index is -0.687. The molecule has 1 aliphatic rings. The standard InChI is InChI=1S/C14H19BrN2O4/c1-8(17-14(18)11(16)7-19-2)9-5-12-13(6-10(9)15)21-4-3-20-12/h5-6,8,11H,3-4,7,16H2,1-2H3,(H,17,18). The van der Waals surface area contributed by atoms with E-state index in [1.54, 1.807) is 0 Å². The number of carbonyl (C=O) groups excluding carboxylic acids is 1. The Balaban J connectivity index is 2.12. The van der Waals surface area contributed by atoms with Crippen molar-refractivity contribution in [2.45, 2.75) is 19.0 Å². The molecule has 3 N–H and O–H groups in total. The van der Waals surface area contributed by atoms with Gasteiger partial charge in [0.1, 0.15) is 19.3 Å². The highest BCUT2D eigenvalue weighted by Gasteiger charge is 2.21. The number of amides is 1. The van der Waals surface area contributed by atoms with Crippen LogP contribution in [-0.4, -0.2) is 38.9 Å². The average Bonchev–Trinajstić information content (AvgIpc) is 2.46. The van der Waals surface area contributed by atoms with Crippen LogP contribution in [0.25, 0.3) is 0 Å². The molecule has 0 fully saturated rings. The first-order chi connectivity index (χ1) is 10.0. The van der Waals surface area contributed by atoms with Crippen LogP contribution in [0.2, 0.25) is 0 Å². The first kappa shape index (κ1) is 16.1. The molecule has 21 heavy (non-hydrogen) atoms. The Morgan fingerprint density at radius 2 is 2.05 bits per heavy atom. The van der Waals surface area contributed by atoms with Gasteiger partial charge in [-0.05, 0) is 24.6 Å². The molecular weight excluding hydrogens is 340 g/mol. The summed E-state index contributed by atoms with van der Waals surface area (Å²) in [6, 6.07) is 2.81. The average molecular weight is 359 g/mol. The smallest absolute Gasteiger partial charge is 0.239 e. The third-order valence-corrected chi connectivity index (χ3v) is 3.86. The van der Waals surface area contributed by atoms with E-state index < -0.39 is 6.04 Å². The molecule has 0 saturated heterocycles. The lowest BCUT2D eigenvalue weighted by Gasteiger charge is -2.23. The van der Waals surface area contributed by atoms with E-state index in [0.29, 0.717) is 24.7 Å². The van der Waals surface area contributed by atoms with Crippen LogP contribution in [0.5, 0.6) is 11.5 Å². The number of fused-ring (bicyclic) bond motifs is 1. The van der Waals surface area contributed by atoms with Crippen molar-refractivity contribution in [1.29, 1.82) is 0 Å². The maximum absolute atomic E-state index is 11.9. The minimum Gasteiger partial charge on any atom is -0.486 e. The zero-order valence-corrected chi connectivity index (χ0v) is 13.6. The van der Waals surface area contributed by atoms with Crippen molar-refractivity contribution in [3.8, 4) is 11.5 Å². The maximum atomic E-state index is 11.9. The number of nitrogens with two attached hydrogens (primary N) is 1. The minimum absolute atomic E-state index is 0.181. The fourth-order valence-corrected chi connectivity index (χ4v) is 2.73. The molecule has 2 unspecified atom stereocenters. The highest BCUT2D eigenvalue weighted by molar-refractivity contribution is 9.10. The van der Waals surface area contributed by atoms with E-state index in [1.165, 1.54) is 7.11 Å². The predicted octanol–water partition coefficient (Wildman–Crippen LogP) is 1.37. The van der Waals surface area contributed by atoms with E-state index in [4.69, 9.17) is 19.9 Å². The van der Waals surface area contributed by atoms with Crippen LogP contribution in [0.4, 0.5) is 0 Å². The van der Waals surface area contributed by atoms with Crippen LogP contribution < -0.4 is 20.5 Å². The van der Waals surface area contributed by atoms with Crippen LogP contribution >= 0.6 is 15.9 Å². The Hall–Kier alpha value is -1.31. The third kappa shape index (κ3) is 3.87. The molecule has 1 heterocycles. The second-order valence-corrected chi connectivity index (χ2v) is 5.66. The van der Waals surface area contributed by atoms with Gasteiger partial charge in [-0.2, -0.15) is 0 Å². The number of nitrogens with one attached hydrogen (secondary N) is 1. The molecule has 2 atom stereocenters. The number of rotatable bonds is 5. The summed E-state index contributed by atoms with van der Waals surface area (Å²) < 4.78 is 16.8. The number of methoxy groups -OCH3 is 1. The fraction of sp³-hybridized carbons (Fsp3) is 0.500. The maximum Gasteiger partial charge on any atom is 0.239 e. The van der Waals surface area contributed by atoms with Gasteiger partial charge in [-0.15, -0.1) is 0 Å². The molecule has 0 spiro atoms. The van der Waals surface area contributed by atoms with E-state index in [0.717, 1.165) is 10.0 Å². The lowest BCUT2D eigenvalue weighted by atomic mass is 10.1. The summed E-state index contributed by atoms with van der Waals surface area (Å²) in [5, 5.41) is 2.86. The van der Waals surface area contributed by atoms with Crippen LogP contribution in [0, 0.1) is 0 Å². The van der Waals surface area contributed by atoms with Gasteiger partial charge < -0.3 is 25.3 Å². The van der Waals surface area contributed by atoms with Gasteiger partial charge in [-0.3, -0.25) is 4.79 Å². The first-order valence-electron chi connectivity index (χ1n) is 6.67. The Morgan fingerprint density at radius 3 is 2.67 bits per heavy atom. The van der Waals surface area contributed by atoms with E-state index in [9.17, 15) is 4.79 Å². The first-order valence-corrected chi connectivity index (χ1v) is 7.46. The topological polar surface area (TPSA) is 82.8 Å². The molecule has 2 rings (SSSR count). The van der Waals surface area contributed by atoms with Crippen molar-refractivity contribution in [3.63, 3.8) is 0 Å². The number of benzene rings is 1. The van der Waals surface area contributed by atoms with Gasteiger partial charge in [0, 0.05) is 11.6 Å². The van der Waals surface area contributed by atoms with Crippen molar-refractivity contribution < 1.29 is 19.0 Å². The molecule has 0 aromatic heterocycles. The lowest BCUT2D eigenvalue weighted by Crippen LogP contribution is -2.44. The molecule has 0 aliphatic carbocycles. The Kier molecular flexibility index (Phi) is 5.44. The Bertz CT molecular complexity index is 524. The van der Waals surface area contributed by atoms with Crippen molar-refractivity contribution >= 4 is 21.8 Å². The summed E-state index contributed by atoms with van der Waals surface area (Å²) in [5.74, 6) is 1.12. The molecule has 0 radical (unpaired) electrons. The van der Waals surface area contributed by atoms with Crippen LogP contribution in [0.15, 0.2) is 16.6 Å². The van der Waals surface area contributed by atoms with Crippen molar-refractivity contribution in [1.82, 2.24) is 5.32 Å². The van der Waals surface area contributed by atoms with Crippen molar-refractivity contribution in [2.75, 3.05) is 26.9 Å². The van der Waals surface area contributed by atoms with Crippen molar-refractivity contribution in [3.05, 3.63) is 22.2 Å². The molecule has 1 aromatic rings. The molecule has 1 aromatic carbocycles. The Morgan fingerprint density at radius 1 is 1.43 bits per heavy atom. The summed E-state index contributed by atoms with van der Waals surface area (Å²) in [6.45, 7) is 3.12. The molecular formula is C14H19BrN2O4. The van der Waals surface area contributed by atoms with Crippen LogP contribution in [0.1, 0.15) is 18.5 Å². The lowest BCUT2D eigenvalue weighted by molar-refractivity contribution is -0.124. The fourth-order valence-electron chi connectivity index (χ4n) is 2.06. The van der Waals surface area contributed by atoms with Gasteiger partial charge in [0.2, 0.25) is 5.91 Å². The van der Waals surface area contributed by atoms with Gasteiger partial charge in [0.15, 0.2) is 11.5 Å². The summed E-state index contributed by atoms with van der Waals surface area (Å²) in [4.78, 5) is 11.9. The number of hydrogen-bond acceptors (Lipinski definition) is 5. The molecule has 6 nitrogen and oxygen atoms in total. The van der Waals surface area contributed by atoms with E-state index in [1.807, 2.05) is 19.1 Å². The summed E-state index contributed by atoms with van der Waals surface area (Å²) >= 11 is 3.49. The second-order valence-electron chi connectivity index (χ2n) is 4.81. The zero-order chi connectivity index (χ0) is 15.4. The van der Waals surface area contributed by atoms with E-state index in [-0.39, 0.29) is 18.6 Å². The normalized spacial score (nSPS) is 16.2. The largest absolute Gasteiger partial charge is 0.486 e. The zero-order valence-electron chi connectivity index (χ0n) is 12.0. The van der Waals surface area contributed by atoms with E-state index in [2.05, 4.69) is 21.2 Å². The van der Waals surface area contributed by atoms with Crippen LogP contribution in [0.3, 0.4) is 0 Å². The molecule has 0 saturated carbocycles. The van der Waals surface area contributed by atoms with E-state index >= 15 is 0 Å². The molecule has 1 amide bonds. The highest BCUT2D eigenvalue weighted by Crippen LogP contribution is 2.37. The third-order valence-electron chi connectivity index (χ3n) is 3.17.